The van der Waals surface area contributed by atoms with Crippen molar-refractivity contribution < 1.29 is 13.2 Å². The van der Waals surface area contributed by atoms with Crippen molar-refractivity contribution in [2.45, 2.75) is 12.7 Å². The van der Waals surface area contributed by atoms with Gasteiger partial charge in [0.1, 0.15) is 5.69 Å². The maximum absolute atomic E-state index is 12.5. The lowest BCUT2D eigenvalue weighted by Gasteiger charge is -2.17. The number of rotatable bonds is 3. The van der Waals surface area contributed by atoms with Crippen molar-refractivity contribution >= 4 is 5.95 Å². The van der Waals surface area contributed by atoms with E-state index >= 15 is 0 Å². The topological polar surface area (TPSA) is 41.9 Å². The smallest absolute Gasteiger partial charge is 0.338 e. The average molecular weight is 268 g/mol. The minimum Gasteiger partial charge on any atom is -0.338 e. The second-order valence-corrected chi connectivity index (χ2v) is 3.92. The first-order valence-electron chi connectivity index (χ1n) is 5.48. The Kier molecular flexibility index (Phi) is 3.64. The van der Waals surface area contributed by atoms with Crippen molar-refractivity contribution in [1.29, 1.82) is 0 Å². The van der Waals surface area contributed by atoms with Crippen LogP contribution in [0.2, 0.25) is 0 Å². The van der Waals surface area contributed by atoms with Gasteiger partial charge in [-0.25, -0.2) is 9.97 Å². The molecule has 0 saturated heterocycles. The molecule has 0 amide bonds. The maximum atomic E-state index is 12.5. The van der Waals surface area contributed by atoms with E-state index in [2.05, 4.69) is 15.0 Å². The Morgan fingerprint density at radius 2 is 1.89 bits per heavy atom. The monoisotopic (exact) mass is 268 g/mol. The number of halogens is 3. The van der Waals surface area contributed by atoms with Gasteiger partial charge in [0.25, 0.3) is 0 Å². The molecule has 2 aromatic heterocycles. The van der Waals surface area contributed by atoms with E-state index in [0.29, 0.717) is 6.54 Å². The molecule has 2 aromatic rings. The minimum absolute atomic E-state index is 0.0143. The second-order valence-electron chi connectivity index (χ2n) is 3.92. The van der Waals surface area contributed by atoms with E-state index in [9.17, 15) is 13.2 Å². The summed E-state index contributed by atoms with van der Waals surface area (Å²) in [6.07, 6.45) is -1.75. The molecule has 2 heterocycles. The fraction of sp³-hybridized carbons (Fsp3) is 0.250. The Balaban J connectivity index is 2.18. The van der Waals surface area contributed by atoms with E-state index in [1.54, 1.807) is 25.4 Å². The van der Waals surface area contributed by atoms with E-state index in [4.69, 9.17) is 0 Å². The number of hydrogen-bond donors (Lipinski definition) is 0. The molecule has 0 bridgehead atoms. The first kappa shape index (κ1) is 13.3. The third-order valence-electron chi connectivity index (χ3n) is 2.40. The van der Waals surface area contributed by atoms with Gasteiger partial charge in [-0.3, -0.25) is 4.98 Å². The molecule has 0 aliphatic rings. The molecule has 0 aliphatic heterocycles. The van der Waals surface area contributed by atoms with Crippen LogP contribution in [0.1, 0.15) is 11.4 Å². The number of nitrogens with zero attached hydrogens (tertiary/aromatic N) is 4. The van der Waals surface area contributed by atoms with Crippen molar-refractivity contribution in [2.75, 3.05) is 11.9 Å². The van der Waals surface area contributed by atoms with Crippen LogP contribution in [-0.4, -0.2) is 22.0 Å². The summed E-state index contributed by atoms with van der Waals surface area (Å²) in [5, 5.41) is 0. The highest BCUT2D eigenvalue weighted by molar-refractivity contribution is 5.30. The maximum Gasteiger partial charge on any atom is 0.433 e. The molecule has 0 unspecified atom stereocenters. The molecule has 0 atom stereocenters. The molecule has 0 saturated carbocycles. The largest absolute Gasteiger partial charge is 0.433 e. The normalized spacial score (nSPS) is 11.4. The van der Waals surface area contributed by atoms with Crippen LogP contribution in [0.15, 0.2) is 36.7 Å². The predicted octanol–water partition coefficient (Wildman–Crippen LogP) is 2.53. The van der Waals surface area contributed by atoms with Crippen LogP contribution in [-0.2, 0) is 12.7 Å². The summed E-state index contributed by atoms with van der Waals surface area (Å²) in [6.45, 7) is 0.335. The van der Waals surface area contributed by atoms with E-state index in [1.807, 2.05) is 6.07 Å². The van der Waals surface area contributed by atoms with Crippen LogP contribution in [0.4, 0.5) is 19.1 Å². The van der Waals surface area contributed by atoms with Crippen LogP contribution in [0, 0.1) is 0 Å². The highest BCUT2D eigenvalue weighted by atomic mass is 19.4. The number of pyridine rings is 1. The molecular formula is C12H11F3N4. The van der Waals surface area contributed by atoms with Crippen LogP contribution in [0.25, 0.3) is 0 Å². The van der Waals surface area contributed by atoms with Gasteiger partial charge < -0.3 is 4.90 Å². The van der Waals surface area contributed by atoms with E-state index in [-0.39, 0.29) is 5.95 Å². The van der Waals surface area contributed by atoms with Crippen LogP contribution in [0.5, 0.6) is 0 Å². The van der Waals surface area contributed by atoms with Crippen molar-refractivity contribution in [3.8, 4) is 0 Å². The molecule has 0 aliphatic carbocycles. The van der Waals surface area contributed by atoms with Crippen molar-refractivity contribution in [2.24, 2.45) is 0 Å². The first-order chi connectivity index (χ1) is 8.97. The summed E-state index contributed by atoms with van der Waals surface area (Å²) in [5.74, 6) is 0.0143. The zero-order valence-electron chi connectivity index (χ0n) is 10.1. The number of aromatic nitrogens is 3. The van der Waals surface area contributed by atoms with Crippen molar-refractivity contribution in [3.05, 3.63) is 48.0 Å². The molecule has 0 radical (unpaired) electrons. The summed E-state index contributed by atoms with van der Waals surface area (Å²) in [7, 11) is 1.62. The van der Waals surface area contributed by atoms with E-state index < -0.39 is 11.9 Å². The molecule has 0 spiro atoms. The fourth-order valence-electron chi connectivity index (χ4n) is 1.50. The summed E-state index contributed by atoms with van der Waals surface area (Å²) in [4.78, 5) is 12.9. The molecule has 2 rings (SSSR count). The average Bonchev–Trinajstić information content (AvgIpc) is 2.39. The van der Waals surface area contributed by atoms with Crippen LogP contribution >= 0.6 is 0 Å². The van der Waals surface area contributed by atoms with Gasteiger partial charge in [-0.1, -0.05) is 6.07 Å². The molecule has 0 aromatic carbocycles. The lowest BCUT2D eigenvalue weighted by Crippen LogP contribution is -2.21. The molecule has 0 N–H and O–H groups in total. The number of alkyl halides is 3. The summed E-state index contributed by atoms with van der Waals surface area (Å²) in [6, 6.07) is 6.20. The van der Waals surface area contributed by atoms with Gasteiger partial charge in [0, 0.05) is 19.4 Å². The second kappa shape index (κ2) is 5.21. The summed E-state index contributed by atoms with van der Waals surface area (Å²) >= 11 is 0. The standard InChI is InChI=1S/C12H11F3N4/c1-19(8-9-4-2-3-6-16-9)11-17-7-5-10(18-11)12(13,14)15/h2-7H,8H2,1H3. The number of anilines is 1. The fourth-order valence-corrected chi connectivity index (χ4v) is 1.50. The molecule has 0 fully saturated rings. The highest BCUT2D eigenvalue weighted by Crippen LogP contribution is 2.28. The quantitative estimate of drug-likeness (QED) is 0.857. The predicted molar refractivity (Wildman–Crippen MR) is 63.4 cm³/mol. The number of hydrogen-bond acceptors (Lipinski definition) is 4. The van der Waals surface area contributed by atoms with Crippen molar-refractivity contribution in [1.82, 2.24) is 15.0 Å². The summed E-state index contributed by atoms with van der Waals surface area (Å²) < 4.78 is 37.6. The first-order valence-corrected chi connectivity index (χ1v) is 5.48. The zero-order chi connectivity index (χ0) is 13.9. The van der Waals surface area contributed by atoms with Gasteiger partial charge in [0.15, 0.2) is 0 Å². The molecular weight excluding hydrogens is 257 g/mol. The van der Waals surface area contributed by atoms with Gasteiger partial charge in [-0.05, 0) is 18.2 Å². The van der Waals surface area contributed by atoms with Gasteiger partial charge in [0.05, 0.1) is 12.2 Å². The zero-order valence-corrected chi connectivity index (χ0v) is 10.1. The Hall–Kier alpha value is -2.18. The molecule has 7 heteroatoms. The third kappa shape index (κ3) is 3.40. The Morgan fingerprint density at radius 3 is 2.53 bits per heavy atom. The van der Waals surface area contributed by atoms with Crippen molar-refractivity contribution in [3.63, 3.8) is 0 Å². The molecule has 4 nitrogen and oxygen atoms in total. The minimum atomic E-state index is -4.47. The van der Waals surface area contributed by atoms with Crippen LogP contribution in [0.3, 0.4) is 0 Å². The Bertz CT molecular complexity index is 542. The summed E-state index contributed by atoms with van der Waals surface area (Å²) in [5.41, 5.74) is -0.226. The lowest BCUT2D eigenvalue weighted by molar-refractivity contribution is -0.141. The highest BCUT2D eigenvalue weighted by Gasteiger charge is 2.33. The molecule has 19 heavy (non-hydrogen) atoms. The van der Waals surface area contributed by atoms with E-state index in [1.165, 1.54) is 4.90 Å². The lowest BCUT2D eigenvalue weighted by atomic mass is 10.3. The van der Waals surface area contributed by atoms with Gasteiger partial charge >= 0.3 is 6.18 Å². The SMILES string of the molecule is CN(Cc1ccccn1)c1nccc(C(F)(F)F)n1. The van der Waals surface area contributed by atoms with Gasteiger partial charge in [0.2, 0.25) is 5.95 Å². The Labute approximate surface area is 107 Å². The van der Waals surface area contributed by atoms with Crippen LogP contribution < -0.4 is 4.90 Å². The van der Waals surface area contributed by atoms with E-state index in [0.717, 1.165) is 18.0 Å². The molecule has 100 valence electrons. The van der Waals surface area contributed by atoms with Gasteiger partial charge in [-0.2, -0.15) is 13.2 Å². The third-order valence-corrected chi connectivity index (χ3v) is 2.40. The Morgan fingerprint density at radius 1 is 1.11 bits per heavy atom. The van der Waals surface area contributed by atoms with Gasteiger partial charge in [-0.15, -0.1) is 0 Å².